The van der Waals surface area contributed by atoms with E-state index in [9.17, 15) is 15.0 Å². The molecule has 0 aliphatic heterocycles. The van der Waals surface area contributed by atoms with Gasteiger partial charge in [-0.2, -0.15) is 0 Å². The van der Waals surface area contributed by atoms with Gasteiger partial charge in [0, 0.05) is 24.2 Å². The van der Waals surface area contributed by atoms with Gasteiger partial charge in [-0.15, -0.1) is 0 Å². The van der Waals surface area contributed by atoms with Crippen LogP contribution in [0, 0.1) is 0 Å². The molecule has 3 aromatic rings. The summed E-state index contributed by atoms with van der Waals surface area (Å²) in [6.45, 7) is 0.341. The SMILES string of the molecule is COc1ncc(C(O)C(O)CCNC(=O)OCC2c3ccccc3-c3ccccc32)cc1Cl. The Morgan fingerprint density at radius 3 is 2.36 bits per heavy atom. The second kappa shape index (κ2) is 10.2. The second-order valence-electron chi connectivity index (χ2n) is 7.81. The van der Waals surface area contributed by atoms with Crippen LogP contribution < -0.4 is 10.1 Å². The zero-order chi connectivity index (χ0) is 23.4. The third-order valence-electron chi connectivity index (χ3n) is 5.78. The molecule has 1 amide bonds. The molecule has 1 aromatic heterocycles. The predicted octanol–water partition coefficient (Wildman–Crippen LogP) is 4.07. The van der Waals surface area contributed by atoms with Crippen LogP contribution in [0.2, 0.25) is 5.02 Å². The minimum absolute atomic E-state index is 0.0251. The van der Waals surface area contributed by atoms with Crippen LogP contribution in [0.3, 0.4) is 0 Å². The van der Waals surface area contributed by atoms with Gasteiger partial charge in [-0.25, -0.2) is 9.78 Å². The first kappa shape index (κ1) is 23.0. The van der Waals surface area contributed by atoms with E-state index in [1.807, 2.05) is 24.3 Å². The molecule has 0 radical (unpaired) electrons. The van der Waals surface area contributed by atoms with Crippen molar-refractivity contribution in [2.75, 3.05) is 20.3 Å². The molecule has 8 heteroatoms. The monoisotopic (exact) mass is 468 g/mol. The molecule has 1 heterocycles. The first-order valence-electron chi connectivity index (χ1n) is 10.6. The van der Waals surface area contributed by atoms with E-state index in [1.54, 1.807) is 0 Å². The Hall–Kier alpha value is -3.13. The third-order valence-corrected chi connectivity index (χ3v) is 6.05. The summed E-state index contributed by atoms with van der Waals surface area (Å²) in [7, 11) is 1.44. The molecule has 0 saturated heterocycles. The molecule has 2 aromatic carbocycles. The lowest BCUT2D eigenvalue weighted by Crippen LogP contribution is -2.30. The van der Waals surface area contributed by atoms with Gasteiger partial charge in [0.15, 0.2) is 0 Å². The number of amides is 1. The molecule has 4 rings (SSSR count). The lowest BCUT2D eigenvalue weighted by molar-refractivity contribution is 0.0134. The minimum Gasteiger partial charge on any atom is -0.480 e. The molecule has 2 atom stereocenters. The van der Waals surface area contributed by atoms with E-state index in [4.69, 9.17) is 21.1 Å². The van der Waals surface area contributed by atoms with E-state index in [2.05, 4.69) is 34.6 Å². The number of benzene rings is 2. The van der Waals surface area contributed by atoms with Crippen molar-refractivity contribution in [2.24, 2.45) is 0 Å². The van der Waals surface area contributed by atoms with E-state index >= 15 is 0 Å². The van der Waals surface area contributed by atoms with Crippen molar-refractivity contribution < 1.29 is 24.5 Å². The van der Waals surface area contributed by atoms with Gasteiger partial charge in [-0.1, -0.05) is 60.1 Å². The highest BCUT2D eigenvalue weighted by atomic mass is 35.5. The number of pyridine rings is 1. The number of fused-ring (bicyclic) bond motifs is 3. The number of carbonyl (C=O) groups is 1. The number of aromatic nitrogens is 1. The van der Waals surface area contributed by atoms with E-state index < -0.39 is 18.3 Å². The molecule has 33 heavy (non-hydrogen) atoms. The van der Waals surface area contributed by atoms with Gasteiger partial charge < -0.3 is 25.0 Å². The van der Waals surface area contributed by atoms with Gasteiger partial charge >= 0.3 is 6.09 Å². The lowest BCUT2D eigenvalue weighted by atomic mass is 9.98. The third kappa shape index (κ3) is 4.95. The number of rotatable bonds is 8. The van der Waals surface area contributed by atoms with Crippen LogP contribution in [0.4, 0.5) is 4.79 Å². The van der Waals surface area contributed by atoms with Gasteiger partial charge in [0.1, 0.15) is 17.7 Å². The molecule has 7 nitrogen and oxygen atoms in total. The highest BCUT2D eigenvalue weighted by molar-refractivity contribution is 6.31. The average Bonchev–Trinajstić information content (AvgIpc) is 3.16. The fraction of sp³-hybridized carbons (Fsp3) is 0.280. The number of hydrogen-bond acceptors (Lipinski definition) is 6. The molecule has 2 unspecified atom stereocenters. The van der Waals surface area contributed by atoms with Crippen LogP contribution in [0.15, 0.2) is 60.8 Å². The quantitative estimate of drug-likeness (QED) is 0.461. The highest BCUT2D eigenvalue weighted by Crippen LogP contribution is 2.44. The predicted molar refractivity (Wildman–Crippen MR) is 124 cm³/mol. The Labute approximate surface area is 197 Å². The van der Waals surface area contributed by atoms with Crippen LogP contribution in [0.1, 0.15) is 35.1 Å². The molecule has 1 aliphatic carbocycles. The molecule has 0 fully saturated rings. The Kier molecular flexibility index (Phi) is 7.13. The minimum atomic E-state index is -1.20. The lowest BCUT2D eigenvalue weighted by Gasteiger charge is -2.19. The van der Waals surface area contributed by atoms with Gasteiger partial charge in [0.05, 0.1) is 13.2 Å². The second-order valence-corrected chi connectivity index (χ2v) is 8.22. The van der Waals surface area contributed by atoms with Crippen molar-refractivity contribution in [3.05, 3.63) is 82.5 Å². The molecule has 0 saturated carbocycles. The Morgan fingerprint density at radius 1 is 1.12 bits per heavy atom. The molecule has 0 spiro atoms. The molecular formula is C25H25ClN2O5. The summed E-state index contributed by atoms with van der Waals surface area (Å²) >= 11 is 6.02. The van der Waals surface area contributed by atoms with E-state index in [1.165, 1.54) is 19.4 Å². The number of alkyl carbamates (subject to hydrolysis) is 1. The van der Waals surface area contributed by atoms with Crippen molar-refractivity contribution in [2.45, 2.75) is 24.5 Å². The summed E-state index contributed by atoms with van der Waals surface area (Å²) in [5, 5.41) is 23.5. The average molecular weight is 469 g/mol. The number of nitrogens with one attached hydrogen (secondary N) is 1. The largest absolute Gasteiger partial charge is 0.480 e. The standard InChI is InChI=1S/C25H25ClN2O5/c1-32-24-21(26)12-15(13-28-24)23(30)22(29)10-11-27-25(31)33-14-20-18-8-4-2-6-16(18)17-7-3-5-9-19(17)20/h2-9,12-13,20,22-23,29-30H,10-11,14H2,1H3,(H,27,31). The highest BCUT2D eigenvalue weighted by Gasteiger charge is 2.29. The number of ether oxygens (including phenoxy) is 2. The number of hydrogen-bond donors (Lipinski definition) is 3. The first-order chi connectivity index (χ1) is 16.0. The normalized spacial score (nSPS) is 14.2. The fourth-order valence-corrected chi connectivity index (χ4v) is 4.36. The van der Waals surface area contributed by atoms with Crippen LogP contribution in [0.5, 0.6) is 5.88 Å². The summed E-state index contributed by atoms with van der Waals surface area (Å²) in [6, 6.07) is 17.7. The van der Waals surface area contributed by atoms with Crippen LogP contribution >= 0.6 is 11.6 Å². The van der Waals surface area contributed by atoms with Gasteiger partial charge in [0.25, 0.3) is 0 Å². The number of aliphatic hydroxyl groups excluding tert-OH is 2. The topological polar surface area (TPSA) is 101 Å². The fourth-order valence-electron chi connectivity index (χ4n) is 4.10. The van der Waals surface area contributed by atoms with Gasteiger partial charge in [0.2, 0.25) is 5.88 Å². The maximum atomic E-state index is 12.2. The van der Waals surface area contributed by atoms with Gasteiger partial charge in [-0.05, 0) is 34.7 Å². The maximum absolute atomic E-state index is 12.2. The first-order valence-corrected chi connectivity index (χ1v) is 11.0. The summed E-state index contributed by atoms with van der Waals surface area (Å²) in [5.74, 6) is 0.210. The van der Waals surface area contributed by atoms with Crippen molar-refractivity contribution in [1.82, 2.24) is 10.3 Å². The van der Waals surface area contributed by atoms with E-state index in [0.717, 1.165) is 22.3 Å². The van der Waals surface area contributed by atoms with Crippen molar-refractivity contribution in [3.63, 3.8) is 0 Å². The smallest absolute Gasteiger partial charge is 0.407 e. The van der Waals surface area contributed by atoms with E-state index in [0.29, 0.717) is 5.56 Å². The van der Waals surface area contributed by atoms with Gasteiger partial charge in [-0.3, -0.25) is 0 Å². The summed E-state index contributed by atoms with van der Waals surface area (Å²) in [6.07, 6.45) is -1.39. The zero-order valence-electron chi connectivity index (χ0n) is 18.1. The van der Waals surface area contributed by atoms with Crippen LogP contribution in [-0.4, -0.2) is 47.7 Å². The van der Waals surface area contributed by atoms with Crippen molar-refractivity contribution in [1.29, 1.82) is 0 Å². The Balaban J connectivity index is 1.28. The maximum Gasteiger partial charge on any atom is 0.407 e. The number of methoxy groups -OCH3 is 1. The van der Waals surface area contributed by atoms with E-state index in [-0.39, 0.29) is 36.4 Å². The molecular weight excluding hydrogens is 444 g/mol. The van der Waals surface area contributed by atoms with Crippen molar-refractivity contribution >= 4 is 17.7 Å². The zero-order valence-corrected chi connectivity index (χ0v) is 18.8. The molecule has 172 valence electrons. The van der Waals surface area contributed by atoms with Crippen molar-refractivity contribution in [3.8, 4) is 17.0 Å². The Bertz CT molecular complexity index is 1090. The van der Waals surface area contributed by atoms with Crippen LogP contribution in [0.25, 0.3) is 11.1 Å². The number of aliphatic hydroxyl groups is 2. The number of nitrogens with zero attached hydrogens (tertiary/aromatic N) is 1. The number of carbonyl (C=O) groups excluding carboxylic acids is 1. The molecule has 3 N–H and O–H groups in total. The summed E-state index contributed by atoms with van der Waals surface area (Å²) in [4.78, 5) is 16.2. The number of halogens is 1. The summed E-state index contributed by atoms with van der Waals surface area (Å²) < 4.78 is 10.5. The van der Waals surface area contributed by atoms with Crippen LogP contribution in [-0.2, 0) is 4.74 Å². The summed E-state index contributed by atoms with van der Waals surface area (Å²) in [5.41, 5.74) is 4.95. The molecule has 1 aliphatic rings. The molecule has 0 bridgehead atoms. The Morgan fingerprint density at radius 2 is 1.76 bits per heavy atom.